The van der Waals surface area contributed by atoms with Gasteiger partial charge in [0.05, 0.1) is 18.3 Å². The molecule has 0 spiro atoms. The van der Waals surface area contributed by atoms with Crippen molar-refractivity contribution in [2.24, 2.45) is 11.8 Å². The Bertz CT molecular complexity index is 325. The first-order chi connectivity index (χ1) is 9.56. The Morgan fingerprint density at radius 1 is 0.900 bits per heavy atom. The van der Waals surface area contributed by atoms with Crippen LogP contribution in [-0.2, 0) is 18.9 Å². The zero-order chi connectivity index (χ0) is 14.3. The molecular weight excluding hydrogens is 256 g/mol. The summed E-state index contributed by atoms with van der Waals surface area (Å²) in [6.07, 6.45) is 5.44. The van der Waals surface area contributed by atoms with Crippen LogP contribution in [0.4, 0.5) is 0 Å². The van der Waals surface area contributed by atoms with Gasteiger partial charge in [0.2, 0.25) is 0 Å². The SMILES string of the molecule is CCCCCCOC1C2OC3(C)OC(C2C)C(C)C1O3. The van der Waals surface area contributed by atoms with Crippen LogP contribution >= 0.6 is 0 Å². The van der Waals surface area contributed by atoms with Crippen molar-refractivity contribution < 1.29 is 18.9 Å². The summed E-state index contributed by atoms with van der Waals surface area (Å²) in [4.78, 5) is 0. The molecular formula is C16H28O4. The topological polar surface area (TPSA) is 36.9 Å². The van der Waals surface area contributed by atoms with Gasteiger partial charge in [0.15, 0.2) is 0 Å². The molecule has 116 valence electrons. The normalized spacial score (nSPS) is 49.8. The van der Waals surface area contributed by atoms with Gasteiger partial charge >= 0.3 is 0 Å². The van der Waals surface area contributed by atoms with Crippen molar-refractivity contribution in [3.05, 3.63) is 0 Å². The lowest BCUT2D eigenvalue weighted by Gasteiger charge is -2.62. The van der Waals surface area contributed by atoms with Gasteiger partial charge in [-0.3, -0.25) is 0 Å². The highest BCUT2D eigenvalue weighted by Crippen LogP contribution is 2.50. The third-order valence-corrected chi connectivity index (χ3v) is 5.08. The van der Waals surface area contributed by atoms with E-state index in [0.717, 1.165) is 13.0 Å². The van der Waals surface area contributed by atoms with Crippen LogP contribution < -0.4 is 0 Å². The molecule has 0 radical (unpaired) electrons. The van der Waals surface area contributed by atoms with Crippen LogP contribution in [0, 0.1) is 11.8 Å². The molecule has 0 aromatic rings. The molecule has 4 aliphatic rings. The quantitative estimate of drug-likeness (QED) is 0.702. The minimum Gasteiger partial charge on any atom is -0.373 e. The summed E-state index contributed by atoms with van der Waals surface area (Å²) in [5, 5.41) is 0. The lowest BCUT2D eigenvalue weighted by atomic mass is 9.72. The van der Waals surface area contributed by atoms with E-state index in [-0.39, 0.29) is 24.4 Å². The number of unbranched alkanes of at least 4 members (excludes halogenated alkanes) is 3. The Kier molecular flexibility index (Phi) is 4.10. The second kappa shape index (κ2) is 5.56. The number of hydrogen-bond acceptors (Lipinski definition) is 4. The van der Waals surface area contributed by atoms with Crippen molar-refractivity contribution >= 4 is 0 Å². The smallest absolute Gasteiger partial charge is 0.280 e. The Labute approximate surface area is 122 Å². The van der Waals surface area contributed by atoms with Crippen molar-refractivity contribution in [2.45, 2.75) is 83.8 Å². The molecule has 0 amide bonds. The molecule has 1 aliphatic carbocycles. The van der Waals surface area contributed by atoms with Crippen molar-refractivity contribution in [3.8, 4) is 0 Å². The summed E-state index contributed by atoms with van der Waals surface area (Å²) in [6, 6.07) is 0. The maximum absolute atomic E-state index is 6.15. The van der Waals surface area contributed by atoms with Crippen LogP contribution in [0.1, 0.15) is 53.4 Å². The van der Waals surface area contributed by atoms with Gasteiger partial charge in [-0.15, -0.1) is 0 Å². The summed E-state index contributed by atoms with van der Waals surface area (Å²) >= 11 is 0. The van der Waals surface area contributed by atoms with Gasteiger partial charge in [-0.2, -0.15) is 0 Å². The van der Waals surface area contributed by atoms with Gasteiger partial charge in [0.25, 0.3) is 5.97 Å². The third-order valence-electron chi connectivity index (χ3n) is 5.08. The Balaban J connectivity index is 1.61. The molecule has 4 atom stereocenters. The molecule has 0 N–H and O–H groups in total. The van der Waals surface area contributed by atoms with E-state index in [4.69, 9.17) is 18.9 Å². The standard InChI is InChI=1S/C16H28O4/c1-5-6-7-8-9-17-15-13-10(2)12-11(3)14(15)20-16(4,18-12)19-13/h10-15H,5-9H2,1-4H3. The minimum atomic E-state index is -0.846. The molecule has 1 saturated carbocycles. The van der Waals surface area contributed by atoms with E-state index in [0.29, 0.717) is 11.8 Å². The van der Waals surface area contributed by atoms with Crippen LogP contribution in [0.15, 0.2) is 0 Å². The molecule has 0 aromatic carbocycles. The molecule has 3 heterocycles. The van der Waals surface area contributed by atoms with E-state index < -0.39 is 5.97 Å². The van der Waals surface area contributed by atoms with Crippen LogP contribution in [-0.4, -0.2) is 37.0 Å². The molecule has 4 bridgehead atoms. The van der Waals surface area contributed by atoms with Gasteiger partial charge in [-0.25, -0.2) is 0 Å². The van der Waals surface area contributed by atoms with E-state index >= 15 is 0 Å². The summed E-state index contributed by atoms with van der Waals surface area (Å²) in [7, 11) is 0. The summed E-state index contributed by atoms with van der Waals surface area (Å²) in [5.41, 5.74) is 0. The van der Waals surface area contributed by atoms with Crippen molar-refractivity contribution in [3.63, 3.8) is 0 Å². The Morgan fingerprint density at radius 2 is 1.50 bits per heavy atom. The van der Waals surface area contributed by atoms with Crippen LogP contribution in [0.5, 0.6) is 0 Å². The highest BCUT2D eigenvalue weighted by atomic mass is 16.9. The molecule has 0 aromatic heterocycles. The van der Waals surface area contributed by atoms with E-state index in [1.807, 2.05) is 6.92 Å². The first-order valence-electron chi connectivity index (χ1n) is 8.21. The van der Waals surface area contributed by atoms with Gasteiger partial charge in [-0.1, -0.05) is 40.0 Å². The van der Waals surface area contributed by atoms with E-state index in [9.17, 15) is 0 Å². The second-order valence-electron chi connectivity index (χ2n) is 6.72. The average Bonchev–Trinajstić information content (AvgIpc) is 2.42. The summed E-state index contributed by atoms with van der Waals surface area (Å²) < 4.78 is 24.1. The van der Waals surface area contributed by atoms with E-state index in [1.54, 1.807) is 0 Å². The minimum absolute atomic E-state index is 0.0647. The molecule has 4 unspecified atom stereocenters. The fourth-order valence-electron chi connectivity index (χ4n) is 3.96. The number of rotatable bonds is 6. The number of ether oxygens (including phenoxy) is 4. The zero-order valence-corrected chi connectivity index (χ0v) is 13.1. The molecule has 3 aliphatic heterocycles. The van der Waals surface area contributed by atoms with Crippen molar-refractivity contribution in [1.82, 2.24) is 0 Å². The largest absolute Gasteiger partial charge is 0.373 e. The maximum Gasteiger partial charge on any atom is 0.280 e. The Morgan fingerprint density at radius 3 is 2.10 bits per heavy atom. The first kappa shape index (κ1) is 14.8. The van der Waals surface area contributed by atoms with Crippen molar-refractivity contribution in [1.29, 1.82) is 0 Å². The van der Waals surface area contributed by atoms with Crippen molar-refractivity contribution in [2.75, 3.05) is 6.61 Å². The third kappa shape index (κ3) is 2.41. The molecule has 3 saturated heterocycles. The van der Waals surface area contributed by atoms with E-state index in [2.05, 4.69) is 20.8 Å². The second-order valence-corrected chi connectivity index (χ2v) is 6.72. The van der Waals surface area contributed by atoms with Gasteiger partial charge in [0.1, 0.15) is 6.10 Å². The average molecular weight is 284 g/mol. The number of hydrogen-bond donors (Lipinski definition) is 0. The first-order valence-corrected chi connectivity index (χ1v) is 8.21. The fourth-order valence-corrected chi connectivity index (χ4v) is 3.96. The van der Waals surface area contributed by atoms with Crippen LogP contribution in [0.2, 0.25) is 0 Å². The van der Waals surface area contributed by atoms with Crippen LogP contribution in [0.25, 0.3) is 0 Å². The Hall–Kier alpha value is -0.160. The molecule has 20 heavy (non-hydrogen) atoms. The molecule has 4 fully saturated rings. The molecule has 4 nitrogen and oxygen atoms in total. The van der Waals surface area contributed by atoms with Gasteiger partial charge < -0.3 is 18.9 Å². The predicted octanol–water partition coefficient (Wildman–Crippen LogP) is 3.09. The molecule has 4 heteroatoms. The monoisotopic (exact) mass is 284 g/mol. The lowest BCUT2D eigenvalue weighted by molar-refractivity contribution is -0.525. The maximum atomic E-state index is 6.15. The fraction of sp³-hybridized carbons (Fsp3) is 1.00. The highest BCUT2D eigenvalue weighted by molar-refractivity contribution is 5.04. The van der Waals surface area contributed by atoms with E-state index in [1.165, 1.54) is 19.3 Å². The predicted molar refractivity (Wildman–Crippen MR) is 75.2 cm³/mol. The van der Waals surface area contributed by atoms with Crippen LogP contribution in [0.3, 0.4) is 0 Å². The summed E-state index contributed by atoms with van der Waals surface area (Å²) in [5.74, 6) is -0.0982. The highest BCUT2D eigenvalue weighted by Gasteiger charge is 2.63. The lowest BCUT2D eigenvalue weighted by Crippen LogP contribution is -2.74. The summed E-state index contributed by atoms with van der Waals surface area (Å²) in [6.45, 7) is 9.34. The van der Waals surface area contributed by atoms with Gasteiger partial charge in [0, 0.05) is 25.4 Å². The molecule has 4 rings (SSSR count). The zero-order valence-electron chi connectivity index (χ0n) is 13.1. The van der Waals surface area contributed by atoms with Gasteiger partial charge in [-0.05, 0) is 6.42 Å².